The van der Waals surface area contributed by atoms with Crippen molar-refractivity contribution in [1.82, 2.24) is 15.0 Å². The topological polar surface area (TPSA) is 114 Å². The Morgan fingerprint density at radius 2 is 1.77 bits per heavy atom. The summed E-state index contributed by atoms with van der Waals surface area (Å²) in [6.45, 7) is 1.46. The number of phenols is 1. The number of nitrogens with two attached hydrogens (primary N) is 1. The third-order valence-electron chi connectivity index (χ3n) is 3.47. The van der Waals surface area contributed by atoms with Gasteiger partial charge in [0.2, 0.25) is 11.9 Å². The van der Waals surface area contributed by atoms with Crippen molar-refractivity contribution >= 4 is 29.7 Å². The summed E-state index contributed by atoms with van der Waals surface area (Å²) in [5.41, 5.74) is 7.87. The highest BCUT2D eigenvalue weighted by atomic mass is 16.3. The summed E-state index contributed by atoms with van der Waals surface area (Å²) < 4.78 is 0. The maximum absolute atomic E-state index is 11.0. The molecule has 0 unspecified atom stereocenters. The van der Waals surface area contributed by atoms with Crippen LogP contribution in [0.5, 0.6) is 5.75 Å². The van der Waals surface area contributed by atoms with Gasteiger partial charge in [0.25, 0.3) is 0 Å². The van der Waals surface area contributed by atoms with Crippen LogP contribution in [-0.2, 0) is 4.79 Å². The molecule has 0 aliphatic rings. The molecule has 0 bridgehead atoms. The number of carbonyl (C=O) groups is 1. The standard InChI is InChI=1S/C19H17N5O2/c1-12(25)21-14-9-6-13(7-10-14)8-11-17-22-18(24-19(20)23-17)15-4-2-3-5-16(15)26/h2-11,26H,1H3,(H,21,25)(H2,20,22,23,24). The first-order chi connectivity index (χ1) is 12.5. The molecule has 7 nitrogen and oxygen atoms in total. The van der Waals surface area contributed by atoms with Gasteiger partial charge in [0.1, 0.15) is 5.75 Å². The van der Waals surface area contributed by atoms with Crippen LogP contribution < -0.4 is 11.1 Å². The minimum atomic E-state index is -0.120. The van der Waals surface area contributed by atoms with E-state index in [0.29, 0.717) is 17.2 Å². The average Bonchev–Trinajstić information content (AvgIpc) is 2.60. The first-order valence-corrected chi connectivity index (χ1v) is 7.87. The van der Waals surface area contributed by atoms with Crippen molar-refractivity contribution in [3.8, 4) is 17.1 Å². The van der Waals surface area contributed by atoms with Crippen molar-refractivity contribution in [2.24, 2.45) is 0 Å². The molecule has 0 saturated heterocycles. The van der Waals surface area contributed by atoms with Gasteiger partial charge in [-0.05, 0) is 35.9 Å². The summed E-state index contributed by atoms with van der Waals surface area (Å²) in [5, 5.41) is 12.7. The minimum Gasteiger partial charge on any atom is -0.507 e. The van der Waals surface area contributed by atoms with Crippen LogP contribution in [0.25, 0.3) is 23.5 Å². The van der Waals surface area contributed by atoms with E-state index in [-0.39, 0.29) is 17.6 Å². The maximum Gasteiger partial charge on any atom is 0.224 e. The van der Waals surface area contributed by atoms with Crippen LogP contribution in [0.15, 0.2) is 48.5 Å². The highest BCUT2D eigenvalue weighted by Crippen LogP contribution is 2.26. The zero-order valence-electron chi connectivity index (χ0n) is 14.0. The summed E-state index contributed by atoms with van der Waals surface area (Å²) in [7, 11) is 0. The van der Waals surface area contributed by atoms with Gasteiger partial charge in [0, 0.05) is 12.6 Å². The van der Waals surface area contributed by atoms with Gasteiger partial charge in [0.15, 0.2) is 11.6 Å². The molecule has 0 aliphatic heterocycles. The lowest BCUT2D eigenvalue weighted by Crippen LogP contribution is -2.05. The molecule has 3 rings (SSSR count). The maximum atomic E-state index is 11.0. The molecule has 0 radical (unpaired) electrons. The van der Waals surface area contributed by atoms with Crippen LogP contribution in [0.1, 0.15) is 18.3 Å². The van der Waals surface area contributed by atoms with E-state index >= 15 is 0 Å². The highest BCUT2D eigenvalue weighted by Gasteiger charge is 2.09. The van der Waals surface area contributed by atoms with Crippen LogP contribution in [0.2, 0.25) is 0 Å². The van der Waals surface area contributed by atoms with Crippen molar-refractivity contribution in [1.29, 1.82) is 0 Å². The Kier molecular flexibility index (Phi) is 4.89. The van der Waals surface area contributed by atoms with E-state index in [1.165, 1.54) is 6.92 Å². The van der Waals surface area contributed by atoms with E-state index in [4.69, 9.17) is 5.73 Å². The van der Waals surface area contributed by atoms with Gasteiger partial charge >= 0.3 is 0 Å². The number of para-hydroxylation sites is 1. The number of amides is 1. The molecule has 3 aromatic rings. The Morgan fingerprint density at radius 3 is 2.46 bits per heavy atom. The van der Waals surface area contributed by atoms with Crippen molar-refractivity contribution in [2.45, 2.75) is 6.92 Å². The number of nitrogens with one attached hydrogen (secondary N) is 1. The predicted molar refractivity (Wildman–Crippen MR) is 101 cm³/mol. The van der Waals surface area contributed by atoms with Crippen LogP contribution in [0.3, 0.4) is 0 Å². The first-order valence-electron chi connectivity index (χ1n) is 7.87. The summed E-state index contributed by atoms with van der Waals surface area (Å²) in [5.74, 6) is 0.698. The first kappa shape index (κ1) is 17.1. The van der Waals surface area contributed by atoms with Crippen LogP contribution in [0.4, 0.5) is 11.6 Å². The number of carbonyl (C=O) groups excluding carboxylic acids is 1. The lowest BCUT2D eigenvalue weighted by molar-refractivity contribution is -0.114. The van der Waals surface area contributed by atoms with Gasteiger partial charge in [-0.1, -0.05) is 30.3 Å². The summed E-state index contributed by atoms with van der Waals surface area (Å²) in [6, 6.07) is 14.1. The molecule has 1 amide bonds. The van der Waals surface area contributed by atoms with Gasteiger partial charge < -0.3 is 16.2 Å². The summed E-state index contributed by atoms with van der Waals surface area (Å²) >= 11 is 0. The third kappa shape index (κ3) is 4.21. The molecule has 0 spiro atoms. The fourth-order valence-electron chi connectivity index (χ4n) is 2.32. The molecule has 0 atom stereocenters. The fourth-order valence-corrected chi connectivity index (χ4v) is 2.32. The van der Waals surface area contributed by atoms with E-state index in [0.717, 1.165) is 11.3 Å². The lowest BCUT2D eigenvalue weighted by Gasteiger charge is -2.04. The Balaban J connectivity index is 1.85. The molecule has 0 aliphatic carbocycles. The van der Waals surface area contributed by atoms with Gasteiger partial charge in [0.05, 0.1) is 5.56 Å². The zero-order chi connectivity index (χ0) is 18.5. The highest BCUT2D eigenvalue weighted by molar-refractivity contribution is 5.88. The SMILES string of the molecule is CC(=O)Nc1ccc(C=Cc2nc(N)nc(-c3ccccc3O)n2)cc1. The number of nitrogen functional groups attached to an aromatic ring is 1. The molecule has 2 aromatic carbocycles. The Labute approximate surface area is 150 Å². The molecule has 0 fully saturated rings. The van der Waals surface area contributed by atoms with Crippen molar-refractivity contribution < 1.29 is 9.90 Å². The quantitative estimate of drug-likeness (QED) is 0.668. The number of nitrogens with zero attached hydrogens (tertiary/aromatic N) is 3. The molecular formula is C19H17N5O2. The van der Waals surface area contributed by atoms with Gasteiger partial charge in [-0.2, -0.15) is 9.97 Å². The Bertz CT molecular complexity index is 968. The summed E-state index contributed by atoms with van der Waals surface area (Å²) in [6.07, 6.45) is 3.52. The molecule has 7 heteroatoms. The van der Waals surface area contributed by atoms with Crippen LogP contribution in [0, 0.1) is 0 Å². The van der Waals surface area contributed by atoms with Gasteiger partial charge in [-0.3, -0.25) is 4.79 Å². The van der Waals surface area contributed by atoms with Crippen molar-refractivity contribution in [2.75, 3.05) is 11.1 Å². The van der Waals surface area contributed by atoms with Crippen molar-refractivity contribution in [3.63, 3.8) is 0 Å². The molecule has 1 aromatic heterocycles. The largest absolute Gasteiger partial charge is 0.507 e. The van der Waals surface area contributed by atoms with Gasteiger partial charge in [-0.25, -0.2) is 4.98 Å². The molecule has 0 saturated carbocycles. The number of anilines is 2. The second-order valence-electron chi connectivity index (χ2n) is 5.53. The van der Waals surface area contributed by atoms with E-state index in [2.05, 4.69) is 20.3 Å². The van der Waals surface area contributed by atoms with Crippen LogP contribution >= 0.6 is 0 Å². The van der Waals surface area contributed by atoms with Crippen molar-refractivity contribution in [3.05, 3.63) is 59.9 Å². The second-order valence-corrected chi connectivity index (χ2v) is 5.53. The number of hydrogen-bond acceptors (Lipinski definition) is 6. The van der Waals surface area contributed by atoms with E-state index in [1.807, 2.05) is 18.2 Å². The third-order valence-corrected chi connectivity index (χ3v) is 3.47. The zero-order valence-corrected chi connectivity index (χ0v) is 14.0. The molecule has 26 heavy (non-hydrogen) atoms. The number of aromatic nitrogens is 3. The Hall–Kier alpha value is -3.74. The molecule has 1 heterocycles. The van der Waals surface area contributed by atoms with Crippen LogP contribution in [-0.4, -0.2) is 26.0 Å². The van der Waals surface area contributed by atoms with E-state index in [1.54, 1.807) is 42.5 Å². The monoisotopic (exact) mass is 347 g/mol. The number of aromatic hydroxyl groups is 1. The fraction of sp³-hybridized carbons (Fsp3) is 0.0526. The normalized spacial score (nSPS) is 10.8. The molecular weight excluding hydrogens is 330 g/mol. The number of phenolic OH excluding ortho intramolecular Hbond substituents is 1. The number of benzene rings is 2. The smallest absolute Gasteiger partial charge is 0.224 e. The minimum absolute atomic E-state index is 0.0684. The molecule has 4 N–H and O–H groups in total. The summed E-state index contributed by atoms with van der Waals surface area (Å²) in [4.78, 5) is 23.5. The predicted octanol–water partition coefficient (Wildman–Crippen LogP) is 2.96. The van der Waals surface area contributed by atoms with E-state index in [9.17, 15) is 9.90 Å². The lowest BCUT2D eigenvalue weighted by atomic mass is 10.2. The number of rotatable bonds is 4. The average molecular weight is 347 g/mol. The Morgan fingerprint density at radius 1 is 1.04 bits per heavy atom. The second kappa shape index (κ2) is 7.43. The number of hydrogen-bond donors (Lipinski definition) is 3. The van der Waals surface area contributed by atoms with E-state index < -0.39 is 0 Å². The van der Waals surface area contributed by atoms with Gasteiger partial charge in [-0.15, -0.1) is 0 Å². The molecule has 130 valence electrons.